The molecule has 0 atom stereocenters. The van der Waals surface area contributed by atoms with Crippen molar-refractivity contribution in [2.45, 2.75) is 6.18 Å². The second kappa shape index (κ2) is 7.43. The number of rotatable bonds is 4. The van der Waals surface area contributed by atoms with Crippen molar-refractivity contribution in [2.24, 2.45) is 0 Å². The van der Waals surface area contributed by atoms with Crippen LogP contribution in [0.25, 0.3) is 6.08 Å². The lowest BCUT2D eigenvalue weighted by atomic mass is 10.1. The normalized spacial score (nSPS) is 16.3. The highest BCUT2D eigenvalue weighted by molar-refractivity contribution is 8.18. The molecular formula is C18H12F4N2O2S. The van der Waals surface area contributed by atoms with Crippen molar-refractivity contribution in [1.29, 1.82) is 0 Å². The van der Waals surface area contributed by atoms with Crippen LogP contribution in [-0.2, 0) is 11.0 Å². The van der Waals surface area contributed by atoms with Gasteiger partial charge in [-0.2, -0.15) is 13.2 Å². The summed E-state index contributed by atoms with van der Waals surface area (Å²) in [5.41, 5.74) is -0.595. The predicted octanol–water partition coefficient (Wildman–Crippen LogP) is 4.95. The number of anilines is 1. The summed E-state index contributed by atoms with van der Waals surface area (Å²) in [7, 11) is 0. The van der Waals surface area contributed by atoms with Gasteiger partial charge in [0.05, 0.1) is 17.1 Å². The van der Waals surface area contributed by atoms with Crippen LogP contribution in [0.5, 0.6) is 0 Å². The summed E-state index contributed by atoms with van der Waals surface area (Å²) in [6.07, 6.45) is -3.14. The predicted molar refractivity (Wildman–Crippen MR) is 94.1 cm³/mol. The molecule has 1 N–H and O–H groups in total. The number of hydrogen-bond acceptors (Lipinski definition) is 4. The number of para-hydroxylation sites is 1. The van der Waals surface area contributed by atoms with E-state index in [0.717, 1.165) is 11.0 Å². The molecule has 0 bridgehead atoms. The Balaban J connectivity index is 1.75. The van der Waals surface area contributed by atoms with Crippen molar-refractivity contribution in [3.05, 3.63) is 70.4 Å². The molecule has 2 amide bonds. The van der Waals surface area contributed by atoms with Crippen LogP contribution in [0.2, 0.25) is 0 Å². The fourth-order valence-electron chi connectivity index (χ4n) is 2.40. The quantitative estimate of drug-likeness (QED) is 0.587. The molecule has 3 rings (SSSR count). The van der Waals surface area contributed by atoms with E-state index in [1.807, 2.05) is 0 Å². The third-order valence-corrected chi connectivity index (χ3v) is 4.61. The number of amides is 2. The van der Waals surface area contributed by atoms with Crippen molar-refractivity contribution in [1.82, 2.24) is 4.90 Å². The third-order valence-electron chi connectivity index (χ3n) is 3.70. The van der Waals surface area contributed by atoms with E-state index in [9.17, 15) is 27.2 Å². The highest BCUT2D eigenvalue weighted by atomic mass is 32.2. The lowest BCUT2D eigenvalue weighted by molar-refractivity contribution is -0.137. The molecule has 9 heteroatoms. The highest BCUT2D eigenvalue weighted by Gasteiger charge is 2.36. The number of hydrogen-bond donors (Lipinski definition) is 1. The van der Waals surface area contributed by atoms with E-state index in [-0.39, 0.29) is 10.6 Å². The molecule has 1 saturated heterocycles. The van der Waals surface area contributed by atoms with Crippen molar-refractivity contribution in [3.8, 4) is 0 Å². The summed E-state index contributed by atoms with van der Waals surface area (Å²) in [5, 5.41) is 1.88. The SMILES string of the molecule is O=C1S/C(=C/c2ccc(F)cc2)C(=O)N1CNc1ccccc1C(F)(F)F. The Morgan fingerprint density at radius 3 is 2.37 bits per heavy atom. The minimum atomic E-state index is -4.56. The molecule has 1 fully saturated rings. The zero-order valence-corrected chi connectivity index (χ0v) is 14.4. The number of alkyl halides is 3. The van der Waals surface area contributed by atoms with Gasteiger partial charge >= 0.3 is 6.18 Å². The van der Waals surface area contributed by atoms with Gasteiger partial charge in [-0.05, 0) is 47.7 Å². The van der Waals surface area contributed by atoms with Gasteiger partial charge in [-0.25, -0.2) is 4.39 Å². The van der Waals surface area contributed by atoms with Crippen molar-refractivity contribution in [2.75, 3.05) is 12.0 Å². The van der Waals surface area contributed by atoms with Gasteiger partial charge in [-0.3, -0.25) is 14.5 Å². The molecule has 0 saturated carbocycles. The van der Waals surface area contributed by atoms with Crippen LogP contribution in [0.1, 0.15) is 11.1 Å². The molecule has 4 nitrogen and oxygen atoms in total. The van der Waals surface area contributed by atoms with Crippen molar-refractivity contribution >= 4 is 34.7 Å². The van der Waals surface area contributed by atoms with Crippen LogP contribution in [0.3, 0.4) is 0 Å². The number of carbonyl (C=O) groups excluding carboxylic acids is 2. The fraction of sp³-hybridized carbons (Fsp3) is 0.111. The minimum absolute atomic E-state index is 0.109. The number of benzene rings is 2. The van der Waals surface area contributed by atoms with E-state index in [1.54, 1.807) is 0 Å². The second-order valence-electron chi connectivity index (χ2n) is 5.54. The molecule has 140 valence electrons. The van der Waals surface area contributed by atoms with E-state index in [4.69, 9.17) is 0 Å². The van der Waals surface area contributed by atoms with E-state index < -0.39 is 35.4 Å². The molecule has 1 heterocycles. The Morgan fingerprint density at radius 1 is 1.04 bits per heavy atom. The van der Waals surface area contributed by atoms with Gasteiger partial charge in [0.1, 0.15) is 5.82 Å². The molecule has 2 aromatic carbocycles. The average Bonchev–Trinajstić information content (AvgIpc) is 2.88. The van der Waals surface area contributed by atoms with Crippen LogP contribution in [0.4, 0.5) is 28.0 Å². The molecule has 0 aliphatic carbocycles. The van der Waals surface area contributed by atoms with E-state index in [1.165, 1.54) is 48.5 Å². The summed E-state index contributed by atoms with van der Waals surface area (Å²) in [6, 6.07) is 10.1. The smallest absolute Gasteiger partial charge is 0.367 e. The fourth-order valence-corrected chi connectivity index (χ4v) is 3.23. The number of nitrogens with one attached hydrogen (secondary N) is 1. The van der Waals surface area contributed by atoms with Crippen LogP contribution in [-0.4, -0.2) is 22.7 Å². The van der Waals surface area contributed by atoms with Gasteiger partial charge in [0.15, 0.2) is 0 Å². The molecule has 0 aromatic heterocycles. The number of carbonyl (C=O) groups is 2. The maximum Gasteiger partial charge on any atom is 0.418 e. The first-order valence-electron chi connectivity index (χ1n) is 7.67. The maximum absolute atomic E-state index is 13.0. The summed E-state index contributed by atoms with van der Waals surface area (Å²) < 4.78 is 52.0. The minimum Gasteiger partial charge on any atom is -0.367 e. The van der Waals surface area contributed by atoms with Gasteiger partial charge in [0, 0.05) is 5.69 Å². The van der Waals surface area contributed by atoms with Crippen LogP contribution in [0, 0.1) is 5.82 Å². The average molecular weight is 396 g/mol. The van der Waals surface area contributed by atoms with Crippen LogP contribution >= 0.6 is 11.8 Å². The Hall–Kier alpha value is -2.81. The largest absolute Gasteiger partial charge is 0.418 e. The monoisotopic (exact) mass is 396 g/mol. The van der Waals surface area contributed by atoms with Crippen LogP contribution < -0.4 is 5.32 Å². The van der Waals surface area contributed by atoms with Gasteiger partial charge in [0.2, 0.25) is 0 Å². The maximum atomic E-state index is 13.0. The van der Waals surface area contributed by atoms with Crippen molar-refractivity contribution < 1.29 is 27.2 Å². The number of nitrogens with zero attached hydrogens (tertiary/aromatic N) is 1. The third kappa shape index (κ3) is 4.30. The molecule has 0 spiro atoms. The second-order valence-corrected chi connectivity index (χ2v) is 6.53. The molecule has 0 unspecified atom stereocenters. The number of imide groups is 1. The topological polar surface area (TPSA) is 49.4 Å². The first kappa shape index (κ1) is 19.0. The summed E-state index contributed by atoms with van der Waals surface area (Å²) in [5.74, 6) is -1.07. The van der Waals surface area contributed by atoms with Crippen molar-refractivity contribution in [3.63, 3.8) is 0 Å². The zero-order chi connectivity index (χ0) is 19.6. The zero-order valence-electron chi connectivity index (χ0n) is 13.6. The Labute approximate surface area is 155 Å². The highest BCUT2D eigenvalue weighted by Crippen LogP contribution is 2.35. The van der Waals surface area contributed by atoms with Gasteiger partial charge in [-0.1, -0.05) is 24.3 Å². The summed E-state index contributed by atoms with van der Waals surface area (Å²) in [6.45, 7) is -0.404. The Morgan fingerprint density at radius 2 is 1.70 bits per heavy atom. The standard InChI is InChI=1S/C18H12F4N2O2S/c19-12-7-5-11(6-8-12)9-15-16(25)24(17(26)27-15)10-23-14-4-2-1-3-13(14)18(20,21)22/h1-9,23H,10H2/b15-9+. The first-order chi connectivity index (χ1) is 12.8. The number of halogens is 4. The molecular weight excluding hydrogens is 384 g/mol. The van der Waals surface area contributed by atoms with Gasteiger partial charge < -0.3 is 5.32 Å². The Bertz CT molecular complexity index is 910. The molecule has 2 aromatic rings. The lowest BCUT2D eigenvalue weighted by Gasteiger charge is -2.18. The van der Waals surface area contributed by atoms with Gasteiger partial charge in [-0.15, -0.1) is 0 Å². The summed E-state index contributed by atoms with van der Waals surface area (Å²) in [4.78, 5) is 25.3. The molecule has 1 aliphatic rings. The first-order valence-corrected chi connectivity index (χ1v) is 8.48. The van der Waals surface area contributed by atoms with Gasteiger partial charge in [0.25, 0.3) is 11.1 Å². The van der Waals surface area contributed by atoms with E-state index in [2.05, 4.69) is 5.32 Å². The Kier molecular flexibility index (Phi) is 5.22. The van der Waals surface area contributed by atoms with E-state index >= 15 is 0 Å². The molecule has 27 heavy (non-hydrogen) atoms. The van der Waals surface area contributed by atoms with Crippen LogP contribution in [0.15, 0.2) is 53.4 Å². The number of thioether (sulfide) groups is 1. The lowest BCUT2D eigenvalue weighted by Crippen LogP contribution is -2.33. The molecule has 1 aliphatic heterocycles. The summed E-state index contributed by atoms with van der Waals surface area (Å²) >= 11 is 0.668. The molecule has 0 radical (unpaired) electrons. The van der Waals surface area contributed by atoms with E-state index in [0.29, 0.717) is 17.3 Å².